The minimum absolute atomic E-state index is 0.145. The SMILES string of the molecule is C=C(C)C(=O)Nc1ccc2c(c1)c1ccccc1n2CC. The second kappa shape index (κ2) is 5.09. The van der Waals surface area contributed by atoms with E-state index in [0.717, 1.165) is 17.6 Å². The van der Waals surface area contributed by atoms with E-state index >= 15 is 0 Å². The number of aromatic nitrogens is 1. The zero-order valence-electron chi connectivity index (χ0n) is 12.3. The first-order valence-corrected chi connectivity index (χ1v) is 7.09. The van der Waals surface area contributed by atoms with Crippen LogP contribution in [0.3, 0.4) is 0 Å². The lowest BCUT2D eigenvalue weighted by atomic mass is 10.1. The zero-order valence-corrected chi connectivity index (χ0v) is 12.3. The van der Waals surface area contributed by atoms with Crippen molar-refractivity contribution >= 4 is 33.4 Å². The molecular formula is C18H18N2O. The van der Waals surface area contributed by atoms with Crippen LogP contribution >= 0.6 is 0 Å². The van der Waals surface area contributed by atoms with Gasteiger partial charge in [-0.3, -0.25) is 4.79 Å². The second-order valence-electron chi connectivity index (χ2n) is 5.23. The van der Waals surface area contributed by atoms with Crippen LogP contribution < -0.4 is 5.32 Å². The average molecular weight is 278 g/mol. The Labute approximate surface area is 123 Å². The molecule has 0 aliphatic carbocycles. The van der Waals surface area contributed by atoms with Crippen molar-refractivity contribution in [1.82, 2.24) is 4.57 Å². The summed E-state index contributed by atoms with van der Waals surface area (Å²) in [7, 11) is 0. The quantitative estimate of drug-likeness (QED) is 0.711. The number of hydrogen-bond donors (Lipinski definition) is 1. The summed E-state index contributed by atoms with van der Waals surface area (Å²) in [4.78, 5) is 11.8. The largest absolute Gasteiger partial charge is 0.341 e. The minimum Gasteiger partial charge on any atom is -0.341 e. The summed E-state index contributed by atoms with van der Waals surface area (Å²) in [5, 5.41) is 5.25. The number of hydrogen-bond acceptors (Lipinski definition) is 1. The number of rotatable bonds is 3. The van der Waals surface area contributed by atoms with Gasteiger partial charge in [-0.1, -0.05) is 24.8 Å². The molecule has 0 aliphatic rings. The lowest BCUT2D eigenvalue weighted by molar-refractivity contribution is -0.112. The van der Waals surface area contributed by atoms with Crippen LogP contribution in [0.25, 0.3) is 21.8 Å². The number of amides is 1. The Bertz CT molecular complexity index is 858. The van der Waals surface area contributed by atoms with Gasteiger partial charge in [0.2, 0.25) is 0 Å². The molecule has 3 rings (SSSR count). The standard InChI is InChI=1S/C18H18N2O/c1-4-20-16-8-6-5-7-14(16)15-11-13(9-10-17(15)20)19-18(21)12(2)3/h5-11H,2,4H2,1,3H3,(H,19,21). The third-order valence-corrected chi connectivity index (χ3v) is 3.73. The van der Waals surface area contributed by atoms with E-state index in [1.807, 2.05) is 18.2 Å². The fraction of sp³-hybridized carbons (Fsp3) is 0.167. The molecule has 106 valence electrons. The maximum absolute atomic E-state index is 11.8. The molecule has 0 aliphatic heterocycles. The highest BCUT2D eigenvalue weighted by molar-refractivity contribution is 6.10. The molecule has 3 heteroatoms. The van der Waals surface area contributed by atoms with Gasteiger partial charge in [0, 0.05) is 39.6 Å². The molecule has 0 saturated heterocycles. The van der Waals surface area contributed by atoms with Gasteiger partial charge >= 0.3 is 0 Å². The number of benzene rings is 2. The molecule has 3 nitrogen and oxygen atoms in total. The van der Waals surface area contributed by atoms with Crippen LogP contribution in [-0.4, -0.2) is 10.5 Å². The van der Waals surface area contributed by atoms with Gasteiger partial charge in [0.05, 0.1) is 0 Å². The van der Waals surface area contributed by atoms with E-state index in [1.54, 1.807) is 6.92 Å². The van der Waals surface area contributed by atoms with Crippen LogP contribution in [0.2, 0.25) is 0 Å². The van der Waals surface area contributed by atoms with Crippen LogP contribution in [0.15, 0.2) is 54.6 Å². The molecule has 0 atom stereocenters. The topological polar surface area (TPSA) is 34.0 Å². The lowest BCUT2D eigenvalue weighted by Crippen LogP contribution is -2.11. The van der Waals surface area contributed by atoms with Crippen molar-refractivity contribution in [3.05, 3.63) is 54.6 Å². The van der Waals surface area contributed by atoms with Gasteiger partial charge in [-0.05, 0) is 38.1 Å². The molecule has 0 radical (unpaired) electrons. The van der Waals surface area contributed by atoms with Gasteiger partial charge < -0.3 is 9.88 Å². The number of fused-ring (bicyclic) bond motifs is 3. The monoisotopic (exact) mass is 278 g/mol. The van der Waals surface area contributed by atoms with Crippen LogP contribution in [0.1, 0.15) is 13.8 Å². The van der Waals surface area contributed by atoms with Crippen molar-refractivity contribution in [3.8, 4) is 0 Å². The van der Waals surface area contributed by atoms with Crippen LogP contribution in [0, 0.1) is 0 Å². The fourth-order valence-electron chi connectivity index (χ4n) is 2.71. The molecule has 1 N–H and O–H groups in total. The van der Waals surface area contributed by atoms with Crippen LogP contribution in [-0.2, 0) is 11.3 Å². The molecule has 0 saturated carbocycles. The fourth-order valence-corrected chi connectivity index (χ4v) is 2.71. The third-order valence-electron chi connectivity index (χ3n) is 3.73. The number of nitrogens with zero attached hydrogens (tertiary/aromatic N) is 1. The summed E-state index contributed by atoms with van der Waals surface area (Å²) < 4.78 is 2.29. The van der Waals surface area contributed by atoms with E-state index in [9.17, 15) is 4.79 Å². The molecule has 3 aromatic rings. The first-order valence-electron chi connectivity index (χ1n) is 7.09. The van der Waals surface area contributed by atoms with Crippen molar-refractivity contribution in [2.45, 2.75) is 20.4 Å². The first-order chi connectivity index (χ1) is 10.1. The Morgan fingerprint density at radius 2 is 1.86 bits per heavy atom. The molecule has 0 fully saturated rings. The van der Waals surface area contributed by atoms with Gasteiger partial charge in [0.15, 0.2) is 0 Å². The van der Waals surface area contributed by atoms with E-state index in [-0.39, 0.29) is 5.91 Å². The summed E-state index contributed by atoms with van der Waals surface area (Å²) in [6, 6.07) is 14.4. The Kier molecular flexibility index (Phi) is 3.26. The molecule has 1 amide bonds. The predicted octanol–water partition coefficient (Wildman–Crippen LogP) is 4.33. The summed E-state index contributed by atoms with van der Waals surface area (Å²) in [6.45, 7) is 8.43. The number of carbonyl (C=O) groups is 1. The van der Waals surface area contributed by atoms with E-state index in [4.69, 9.17) is 0 Å². The second-order valence-corrected chi connectivity index (χ2v) is 5.23. The van der Waals surface area contributed by atoms with E-state index in [2.05, 4.69) is 47.7 Å². The Morgan fingerprint density at radius 3 is 2.57 bits per heavy atom. The van der Waals surface area contributed by atoms with Gasteiger partial charge in [0.1, 0.15) is 0 Å². The molecule has 21 heavy (non-hydrogen) atoms. The van der Waals surface area contributed by atoms with Crippen molar-refractivity contribution in [1.29, 1.82) is 0 Å². The normalized spacial score (nSPS) is 11.0. The maximum atomic E-state index is 11.8. The van der Waals surface area contributed by atoms with E-state index < -0.39 is 0 Å². The number of para-hydroxylation sites is 1. The smallest absolute Gasteiger partial charge is 0.250 e. The Hall–Kier alpha value is -2.55. The van der Waals surface area contributed by atoms with Crippen LogP contribution in [0.5, 0.6) is 0 Å². The molecule has 0 bridgehead atoms. The molecule has 1 aromatic heterocycles. The average Bonchev–Trinajstić information content (AvgIpc) is 2.80. The third kappa shape index (κ3) is 2.21. The molecule has 1 heterocycles. The van der Waals surface area contributed by atoms with Crippen molar-refractivity contribution in [3.63, 3.8) is 0 Å². The summed E-state index contributed by atoms with van der Waals surface area (Å²) in [5.41, 5.74) is 3.71. The Morgan fingerprint density at radius 1 is 1.14 bits per heavy atom. The maximum Gasteiger partial charge on any atom is 0.250 e. The van der Waals surface area contributed by atoms with Crippen molar-refractivity contribution < 1.29 is 4.79 Å². The number of aryl methyl sites for hydroxylation is 1. The Balaban J connectivity index is 2.19. The van der Waals surface area contributed by atoms with Crippen molar-refractivity contribution in [2.24, 2.45) is 0 Å². The summed E-state index contributed by atoms with van der Waals surface area (Å²) in [5.74, 6) is -0.145. The van der Waals surface area contributed by atoms with Gasteiger partial charge in [-0.25, -0.2) is 0 Å². The minimum atomic E-state index is -0.145. The molecular weight excluding hydrogens is 260 g/mol. The first kappa shape index (κ1) is 13.4. The van der Waals surface area contributed by atoms with Crippen LogP contribution in [0.4, 0.5) is 5.69 Å². The van der Waals surface area contributed by atoms with Gasteiger partial charge in [0.25, 0.3) is 5.91 Å². The highest BCUT2D eigenvalue weighted by Crippen LogP contribution is 2.30. The zero-order chi connectivity index (χ0) is 15.0. The highest BCUT2D eigenvalue weighted by atomic mass is 16.1. The highest BCUT2D eigenvalue weighted by Gasteiger charge is 2.10. The van der Waals surface area contributed by atoms with Gasteiger partial charge in [-0.2, -0.15) is 0 Å². The number of anilines is 1. The summed E-state index contributed by atoms with van der Waals surface area (Å²) in [6.07, 6.45) is 0. The van der Waals surface area contributed by atoms with Crippen molar-refractivity contribution in [2.75, 3.05) is 5.32 Å². The molecule has 2 aromatic carbocycles. The summed E-state index contributed by atoms with van der Waals surface area (Å²) >= 11 is 0. The van der Waals surface area contributed by atoms with E-state index in [0.29, 0.717) is 5.57 Å². The number of nitrogens with one attached hydrogen (secondary N) is 1. The van der Waals surface area contributed by atoms with Gasteiger partial charge in [-0.15, -0.1) is 0 Å². The predicted molar refractivity (Wildman–Crippen MR) is 88.6 cm³/mol. The molecule has 0 spiro atoms. The molecule has 0 unspecified atom stereocenters. The van der Waals surface area contributed by atoms with E-state index in [1.165, 1.54) is 16.4 Å². The lowest BCUT2D eigenvalue weighted by Gasteiger charge is -2.06. The number of carbonyl (C=O) groups excluding carboxylic acids is 1.